The predicted molar refractivity (Wildman–Crippen MR) is 30.8 cm³/mol. The Hall–Kier alpha value is -0.0200. The second-order valence-electron chi connectivity index (χ2n) is 1.02. The van der Waals surface area contributed by atoms with Crippen LogP contribution in [0.5, 0.6) is 0 Å². The van der Waals surface area contributed by atoms with Crippen molar-refractivity contribution in [2.75, 3.05) is 14.1 Å². The molecular weight excluding hydrogens is 96.1 g/mol. The van der Waals surface area contributed by atoms with Gasteiger partial charge in [-0.25, -0.2) is 8.70 Å². The molecular formula is C3H8N2S. The average molecular weight is 104 g/mol. The second kappa shape index (κ2) is 3.18. The average Bonchev–Trinajstić information content (AvgIpc) is 1.35. The van der Waals surface area contributed by atoms with E-state index in [1.54, 1.807) is 0 Å². The van der Waals surface area contributed by atoms with Crippen molar-refractivity contribution in [2.45, 2.75) is 0 Å². The molecule has 0 radical (unpaired) electrons. The van der Waals surface area contributed by atoms with Crippen LogP contribution in [0.2, 0.25) is 0 Å². The highest BCUT2D eigenvalue weighted by atomic mass is 32.2. The zero-order chi connectivity index (χ0) is 4.99. The van der Waals surface area contributed by atoms with Crippen molar-refractivity contribution in [1.29, 1.82) is 0 Å². The van der Waals surface area contributed by atoms with Crippen molar-refractivity contribution < 1.29 is 0 Å². The Labute approximate surface area is 42.5 Å². The van der Waals surface area contributed by atoms with Crippen LogP contribution < -0.4 is 0 Å². The second-order valence-corrected chi connectivity index (χ2v) is 2.17. The summed E-state index contributed by atoms with van der Waals surface area (Å²) >= 11 is 1.33. The number of rotatable bonds is 2. The molecule has 0 unspecified atom stereocenters. The molecule has 0 aliphatic carbocycles. The minimum atomic E-state index is 1.33. The first-order valence-corrected chi connectivity index (χ1v) is 2.31. The van der Waals surface area contributed by atoms with E-state index in [1.165, 1.54) is 12.1 Å². The minimum Gasteiger partial charge on any atom is -0.237 e. The van der Waals surface area contributed by atoms with E-state index in [2.05, 4.69) is 11.1 Å². The molecule has 0 atom stereocenters. The fourth-order valence-corrected chi connectivity index (χ4v) is 0.346. The monoisotopic (exact) mass is 104 g/mol. The van der Waals surface area contributed by atoms with Gasteiger partial charge >= 0.3 is 0 Å². The Bertz CT molecular complexity index is 44.1. The fraction of sp³-hybridized carbons (Fsp3) is 0.667. The van der Waals surface area contributed by atoms with Gasteiger partial charge in [0.2, 0.25) is 0 Å². The lowest BCUT2D eigenvalue weighted by Gasteiger charge is -1.98. The maximum atomic E-state index is 3.53. The molecule has 0 aliphatic heterocycles. The Kier molecular flexibility index (Phi) is 3.17. The molecule has 0 fully saturated rings. The molecule has 0 bridgehead atoms. The van der Waals surface area contributed by atoms with Gasteiger partial charge in [0.1, 0.15) is 0 Å². The SMILES string of the molecule is C=NSN(C)C. The van der Waals surface area contributed by atoms with Crippen LogP contribution in [0, 0.1) is 0 Å². The number of hydrogen-bond donors (Lipinski definition) is 0. The van der Waals surface area contributed by atoms with E-state index in [1.807, 2.05) is 18.4 Å². The summed E-state index contributed by atoms with van der Waals surface area (Å²) in [6.07, 6.45) is 0. The summed E-state index contributed by atoms with van der Waals surface area (Å²) in [5.41, 5.74) is 0. The molecule has 0 aliphatic rings. The molecule has 3 heteroatoms. The molecule has 0 spiro atoms. The summed E-state index contributed by atoms with van der Waals surface area (Å²) in [7, 11) is 3.83. The minimum absolute atomic E-state index is 1.33. The Morgan fingerprint density at radius 1 is 1.67 bits per heavy atom. The van der Waals surface area contributed by atoms with Crippen LogP contribution in [0.15, 0.2) is 4.40 Å². The molecule has 0 amide bonds. The lowest BCUT2D eigenvalue weighted by atomic mass is 11.3. The first kappa shape index (κ1) is 5.98. The first-order valence-electron chi connectivity index (χ1n) is 1.58. The largest absolute Gasteiger partial charge is 0.237 e. The summed E-state index contributed by atoms with van der Waals surface area (Å²) in [5, 5.41) is 0. The van der Waals surface area contributed by atoms with Crippen LogP contribution in [-0.4, -0.2) is 25.1 Å². The maximum Gasteiger partial charge on any atom is 0.0604 e. The number of hydrogen-bond acceptors (Lipinski definition) is 3. The van der Waals surface area contributed by atoms with Crippen LogP contribution in [-0.2, 0) is 0 Å². The smallest absolute Gasteiger partial charge is 0.0604 e. The molecule has 36 valence electrons. The third-order valence-corrected chi connectivity index (χ3v) is 0.663. The van der Waals surface area contributed by atoms with Crippen molar-refractivity contribution in [3.8, 4) is 0 Å². The number of nitrogens with zero attached hydrogens (tertiary/aromatic N) is 2. The maximum absolute atomic E-state index is 3.53. The standard InChI is InChI=1S/C3H8N2S/c1-4-6-5(2)3/h1H2,2-3H3. The molecule has 0 aromatic carbocycles. The Morgan fingerprint density at radius 2 is 2.17 bits per heavy atom. The van der Waals surface area contributed by atoms with Gasteiger partial charge in [0.25, 0.3) is 0 Å². The summed E-state index contributed by atoms with van der Waals surface area (Å²) in [6.45, 7) is 3.27. The summed E-state index contributed by atoms with van der Waals surface area (Å²) in [4.78, 5) is 0. The van der Waals surface area contributed by atoms with Crippen LogP contribution in [0.25, 0.3) is 0 Å². The van der Waals surface area contributed by atoms with E-state index in [0.29, 0.717) is 0 Å². The van der Waals surface area contributed by atoms with Crippen molar-refractivity contribution in [2.24, 2.45) is 4.40 Å². The highest BCUT2D eigenvalue weighted by Gasteiger charge is 1.78. The highest BCUT2D eigenvalue weighted by Crippen LogP contribution is 1.99. The van der Waals surface area contributed by atoms with Gasteiger partial charge in [0, 0.05) is 6.72 Å². The van der Waals surface area contributed by atoms with E-state index in [-0.39, 0.29) is 0 Å². The molecule has 6 heavy (non-hydrogen) atoms. The van der Waals surface area contributed by atoms with Crippen molar-refractivity contribution >= 4 is 18.9 Å². The molecule has 0 heterocycles. The van der Waals surface area contributed by atoms with Crippen molar-refractivity contribution in [3.63, 3.8) is 0 Å². The van der Waals surface area contributed by atoms with Crippen LogP contribution in [0.4, 0.5) is 0 Å². The first-order chi connectivity index (χ1) is 2.77. The van der Waals surface area contributed by atoms with E-state index in [0.717, 1.165) is 0 Å². The van der Waals surface area contributed by atoms with Gasteiger partial charge in [-0.1, -0.05) is 0 Å². The van der Waals surface area contributed by atoms with Gasteiger partial charge in [-0.2, -0.15) is 0 Å². The van der Waals surface area contributed by atoms with Gasteiger partial charge in [-0.05, 0) is 14.1 Å². The van der Waals surface area contributed by atoms with E-state index in [4.69, 9.17) is 0 Å². The van der Waals surface area contributed by atoms with Crippen LogP contribution in [0.3, 0.4) is 0 Å². The van der Waals surface area contributed by atoms with Crippen LogP contribution in [0.1, 0.15) is 0 Å². The summed E-state index contributed by atoms with van der Waals surface area (Å²) in [6, 6.07) is 0. The molecule has 0 N–H and O–H groups in total. The molecule has 2 nitrogen and oxygen atoms in total. The van der Waals surface area contributed by atoms with Gasteiger partial charge in [0.15, 0.2) is 0 Å². The predicted octanol–water partition coefficient (Wildman–Crippen LogP) is 0.812. The molecule has 0 aromatic heterocycles. The molecule has 0 rings (SSSR count). The topological polar surface area (TPSA) is 15.6 Å². The van der Waals surface area contributed by atoms with Gasteiger partial charge in [0.05, 0.1) is 12.1 Å². The van der Waals surface area contributed by atoms with E-state index >= 15 is 0 Å². The highest BCUT2D eigenvalue weighted by molar-refractivity contribution is 7.95. The van der Waals surface area contributed by atoms with Crippen LogP contribution >= 0.6 is 12.1 Å². The Morgan fingerprint density at radius 3 is 2.17 bits per heavy atom. The third kappa shape index (κ3) is 3.98. The normalized spacial score (nSPS) is 9.17. The van der Waals surface area contributed by atoms with Gasteiger partial charge < -0.3 is 0 Å². The lowest BCUT2D eigenvalue weighted by molar-refractivity contribution is 0.704. The summed E-state index contributed by atoms with van der Waals surface area (Å²) < 4.78 is 5.40. The zero-order valence-corrected chi connectivity index (χ0v) is 4.83. The summed E-state index contributed by atoms with van der Waals surface area (Å²) in [5.74, 6) is 0. The fourth-order valence-electron chi connectivity index (χ4n) is 0.115. The van der Waals surface area contributed by atoms with Crippen molar-refractivity contribution in [3.05, 3.63) is 0 Å². The zero-order valence-electron chi connectivity index (χ0n) is 4.01. The molecule has 0 saturated heterocycles. The van der Waals surface area contributed by atoms with E-state index in [9.17, 15) is 0 Å². The van der Waals surface area contributed by atoms with Crippen molar-refractivity contribution in [1.82, 2.24) is 4.31 Å². The lowest BCUT2D eigenvalue weighted by Crippen LogP contribution is -1.95. The Balaban J connectivity index is 2.81. The molecule has 0 aromatic rings. The van der Waals surface area contributed by atoms with Gasteiger partial charge in [-0.3, -0.25) is 0 Å². The third-order valence-electron chi connectivity index (χ3n) is 0.221. The quantitative estimate of drug-likeness (QED) is 0.380. The van der Waals surface area contributed by atoms with Gasteiger partial charge in [-0.15, -0.1) is 0 Å². The molecule has 0 saturated carbocycles. The van der Waals surface area contributed by atoms with E-state index < -0.39 is 0 Å².